The fraction of sp³-hybridized carbons (Fsp3) is 0.312. The Kier molecular flexibility index (Phi) is 4.73. The van der Waals surface area contributed by atoms with Gasteiger partial charge >= 0.3 is 5.97 Å². The van der Waals surface area contributed by atoms with Gasteiger partial charge in [0.25, 0.3) is 11.8 Å². The SMILES string of the molecule is O=C(O)Cn1cc(CNC(=O)c2ccc(C(=O)NC3CC3)cc2)nn1. The van der Waals surface area contributed by atoms with Crippen molar-refractivity contribution in [1.29, 1.82) is 0 Å². The minimum Gasteiger partial charge on any atom is -0.480 e. The van der Waals surface area contributed by atoms with E-state index in [0.717, 1.165) is 12.8 Å². The van der Waals surface area contributed by atoms with Crippen molar-refractivity contribution in [2.75, 3.05) is 0 Å². The number of carbonyl (C=O) groups is 3. The molecule has 9 nitrogen and oxygen atoms in total. The van der Waals surface area contributed by atoms with Crippen molar-refractivity contribution in [3.63, 3.8) is 0 Å². The Hall–Kier alpha value is -3.23. The van der Waals surface area contributed by atoms with Crippen LogP contribution in [0.1, 0.15) is 39.3 Å². The Labute approximate surface area is 143 Å². The van der Waals surface area contributed by atoms with Crippen LogP contribution in [0.15, 0.2) is 30.5 Å². The van der Waals surface area contributed by atoms with Crippen LogP contribution in [0.2, 0.25) is 0 Å². The van der Waals surface area contributed by atoms with Crippen molar-refractivity contribution in [2.24, 2.45) is 0 Å². The van der Waals surface area contributed by atoms with Gasteiger partial charge in [-0.1, -0.05) is 5.21 Å². The second-order valence-corrected chi connectivity index (χ2v) is 5.81. The Bertz CT molecular complexity index is 795. The van der Waals surface area contributed by atoms with Crippen molar-refractivity contribution in [1.82, 2.24) is 25.6 Å². The Morgan fingerprint density at radius 3 is 2.36 bits per heavy atom. The maximum absolute atomic E-state index is 12.1. The first-order valence-corrected chi connectivity index (χ1v) is 7.81. The maximum atomic E-state index is 12.1. The molecule has 1 heterocycles. The van der Waals surface area contributed by atoms with Crippen LogP contribution in [0, 0.1) is 0 Å². The van der Waals surface area contributed by atoms with Crippen LogP contribution >= 0.6 is 0 Å². The predicted octanol–water partition coefficient (Wildman–Crippen LogP) is 0.185. The molecule has 9 heteroatoms. The molecule has 1 aromatic carbocycles. The average Bonchev–Trinajstić information content (AvgIpc) is 3.29. The van der Waals surface area contributed by atoms with E-state index >= 15 is 0 Å². The van der Waals surface area contributed by atoms with Gasteiger partial charge in [0.2, 0.25) is 0 Å². The number of nitrogens with one attached hydrogen (secondary N) is 2. The van der Waals surface area contributed by atoms with Crippen LogP contribution < -0.4 is 10.6 Å². The van der Waals surface area contributed by atoms with Crippen molar-refractivity contribution < 1.29 is 19.5 Å². The number of carboxylic acid groups (broad SMARTS) is 1. The molecule has 1 aromatic heterocycles. The van der Waals surface area contributed by atoms with E-state index in [4.69, 9.17) is 5.11 Å². The third-order valence-corrected chi connectivity index (χ3v) is 3.64. The number of carbonyl (C=O) groups excluding carboxylic acids is 2. The minimum atomic E-state index is -1.02. The Morgan fingerprint density at radius 1 is 1.12 bits per heavy atom. The molecule has 130 valence electrons. The van der Waals surface area contributed by atoms with E-state index < -0.39 is 5.97 Å². The summed E-state index contributed by atoms with van der Waals surface area (Å²) in [5, 5.41) is 21.7. The minimum absolute atomic E-state index is 0.127. The first-order chi connectivity index (χ1) is 12.0. The molecule has 0 aliphatic heterocycles. The Morgan fingerprint density at radius 2 is 1.76 bits per heavy atom. The molecule has 0 unspecified atom stereocenters. The highest BCUT2D eigenvalue weighted by Crippen LogP contribution is 2.19. The second kappa shape index (κ2) is 7.12. The summed E-state index contributed by atoms with van der Waals surface area (Å²) >= 11 is 0. The highest BCUT2D eigenvalue weighted by atomic mass is 16.4. The highest BCUT2D eigenvalue weighted by Gasteiger charge is 2.23. The smallest absolute Gasteiger partial charge is 0.325 e. The van der Waals surface area contributed by atoms with Gasteiger partial charge in [0.05, 0.1) is 12.7 Å². The number of carboxylic acids is 1. The number of amides is 2. The van der Waals surface area contributed by atoms with Crippen molar-refractivity contribution >= 4 is 17.8 Å². The molecule has 0 radical (unpaired) electrons. The average molecular weight is 343 g/mol. The van der Waals surface area contributed by atoms with E-state index in [2.05, 4.69) is 20.9 Å². The standard InChI is InChI=1S/C16H17N5O4/c22-14(23)9-21-8-13(19-20-21)7-17-15(24)10-1-3-11(4-2-10)16(25)18-12-5-6-12/h1-4,8,12H,5-7,9H2,(H,17,24)(H,18,25)(H,22,23). The lowest BCUT2D eigenvalue weighted by atomic mass is 10.1. The molecule has 1 fully saturated rings. The number of hydrogen-bond donors (Lipinski definition) is 3. The van der Waals surface area contributed by atoms with Gasteiger partial charge in [0.1, 0.15) is 12.2 Å². The van der Waals surface area contributed by atoms with Gasteiger partial charge in [0, 0.05) is 17.2 Å². The fourth-order valence-corrected chi connectivity index (χ4v) is 2.18. The molecule has 0 saturated heterocycles. The van der Waals surface area contributed by atoms with Crippen LogP contribution in [-0.4, -0.2) is 43.9 Å². The van der Waals surface area contributed by atoms with Crippen LogP contribution in [-0.2, 0) is 17.9 Å². The van der Waals surface area contributed by atoms with Crippen LogP contribution in [0.3, 0.4) is 0 Å². The maximum Gasteiger partial charge on any atom is 0.325 e. The molecule has 3 N–H and O–H groups in total. The number of rotatable bonds is 7. The molecule has 25 heavy (non-hydrogen) atoms. The monoisotopic (exact) mass is 343 g/mol. The summed E-state index contributed by atoms with van der Waals surface area (Å²) < 4.78 is 1.18. The van der Waals surface area contributed by atoms with Crippen molar-refractivity contribution in [2.45, 2.75) is 32.0 Å². The summed E-state index contributed by atoms with van der Waals surface area (Å²) in [7, 11) is 0. The first kappa shape index (κ1) is 16.6. The van der Waals surface area contributed by atoms with Gasteiger partial charge in [-0.15, -0.1) is 5.10 Å². The zero-order valence-corrected chi connectivity index (χ0v) is 13.3. The molecule has 1 saturated carbocycles. The van der Waals surface area contributed by atoms with E-state index in [0.29, 0.717) is 16.8 Å². The van der Waals surface area contributed by atoms with Gasteiger partial charge in [-0.2, -0.15) is 0 Å². The van der Waals surface area contributed by atoms with Gasteiger partial charge in [0.15, 0.2) is 0 Å². The number of benzene rings is 1. The van der Waals surface area contributed by atoms with E-state index in [1.165, 1.54) is 10.9 Å². The van der Waals surface area contributed by atoms with Gasteiger partial charge < -0.3 is 15.7 Å². The lowest BCUT2D eigenvalue weighted by Gasteiger charge is -2.05. The van der Waals surface area contributed by atoms with E-state index in [1.54, 1.807) is 24.3 Å². The summed E-state index contributed by atoms with van der Waals surface area (Å²) in [5.74, 6) is -1.47. The lowest BCUT2D eigenvalue weighted by Crippen LogP contribution is -2.26. The number of hydrogen-bond acceptors (Lipinski definition) is 5. The largest absolute Gasteiger partial charge is 0.480 e. The molecule has 2 aromatic rings. The van der Waals surface area contributed by atoms with Crippen molar-refractivity contribution in [3.8, 4) is 0 Å². The van der Waals surface area contributed by atoms with Crippen LogP contribution in [0.4, 0.5) is 0 Å². The summed E-state index contributed by atoms with van der Waals surface area (Å²) in [5.41, 5.74) is 1.39. The predicted molar refractivity (Wildman–Crippen MR) is 85.8 cm³/mol. The molecule has 0 bridgehead atoms. The summed E-state index contributed by atoms with van der Waals surface area (Å²) in [6.45, 7) is -0.159. The second-order valence-electron chi connectivity index (χ2n) is 5.81. The zero-order valence-electron chi connectivity index (χ0n) is 13.3. The van der Waals surface area contributed by atoms with Gasteiger partial charge in [-0.3, -0.25) is 14.4 Å². The lowest BCUT2D eigenvalue weighted by molar-refractivity contribution is -0.137. The molecule has 0 atom stereocenters. The molecule has 1 aliphatic rings. The van der Waals surface area contributed by atoms with Crippen LogP contribution in [0.25, 0.3) is 0 Å². The molecule has 1 aliphatic carbocycles. The number of aliphatic carboxylic acids is 1. The summed E-state index contributed by atoms with van der Waals surface area (Å²) in [6.07, 6.45) is 3.49. The zero-order chi connectivity index (χ0) is 17.8. The fourth-order valence-electron chi connectivity index (χ4n) is 2.18. The number of nitrogens with zero attached hydrogens (tertiary/aromatic N) is 3. The normalized spacial score (nSPS) is 13.3. The molecule has 3 rings (SSSR count). The van der Waals surface area contributed by atoms with Gasteiger partial charge in [-0.25, -0.2) is 4.68 Å². The van der Waals surface area contributed by atoms with E-state index in [9.17, 15) is 14.4 Å². The third kappa shape index (κ3) is 4.63. The molecular formula is C16H17N5O4. The topological polar surface area (TPSA) is 126 Å². The first-order valence-electron chi connectivity index (χ1n) is 7.81. The summed E-state index contributed by atoms with van der Waals surface area (Å²) in [6, 6.07) is 6.66. The van der Waals surface area contributed by atoms with Crippen molar-refractivity contribution in [3.05, 3.63) is 47.3 Å². The third-order valence-electron chi connectivity index (χ3n) is 3.64. The van der Waals surface area contributed by atoms with E-state index in [-0.39, 0.29) is 30.9 Å². The quantitative estimate of drug-likeness (QED) is 0.658. The highest BCUT2D eigenvalue weighted by molar-refractivity contribution is 5.97. The molecule has 0 spiro atoms. The van der Waals surface area contributed by atoms with Crippen LogP contribution in [0.5, 0.6) is 0 Å². The molecule has 2 amide bonds. The molecular weight excluding hydrogens is 326 g/mol. The Balaban J connectivity index is 1.53. The van der Waals surface area contributed by atoms with E-state index in [1.807, 2.05) is 0 Å². The summed E-state index contributed by atoms with van der Waals surface area (Å²) in [4.78, 5) is 34.6. The van der Waals surface area contributed by atoms with Gasteiger partial charge in [-0.05, 0) is 37.1 Å². The number of aromatic nitrogens is 3.